The van der Waals surface area contributed by atoms with Gasteiger partial charge in [-0.2, -0.15) is 13.2 Å². The summed E-state index contributed by atoms with van der Waals surface area (Å²) in [5, 5.41) is 6.92. The molecule has 10 heteroatoms. The summed E-state index contributed by atoms with van der Waals surface area (Å²) >= 11 is 0. The molecule has 5 rings (SSSR count). The lowest BCUT2D eigenvalue weighted by Crippen LogP contribution is -2.36. The van der Waals surface area contributed by atoms with Gasteiger partial charge in [-0.05, 0) is 54.3 Å². The molecule has 1 aliphatic rings. The molecule has 202 valence electrons. The molecule has 0 spiro atoms. The van der Waals surface area contributed by atoms with Crippen molar-refractivity contribution >= 4 is 34.0 Å². The van der Waals surface area contributed by atoms with Gasteiger partial charge in [-0.3, -0.25) is 0 Å². The number of carbonyl (C=O) groups excluding carboxylic acids is 1. The number of nitrogens with zero attached hydrogens (tertiary/aromatic N) is 2. The summed E-state index contributed by atoms with van der Waals surface area (Å²) in [6, 6.07) is 17.6. The summed E-state index contributed by atoms with van der Waals surface area (Å²) < 4.78 is 50.2. The molecule has 0 saturated carbocycles. The van der Waals surface area contributed by atoms with Crippen LogP contribution in [-0.4, -0.2) is 44.4 Å². The first kappa shape index (κ1) is 26.3. The van der Waals surface area contributed by atoms with E-state index >= 15 is 0 Å². The second-order valence-corrected chi connectivity index (χ2v) is 9.10. The topological polar surface area (TPSA) is 75.7 Å². The van der Waals surface area contributed by atoms with Gasteiger partial charge < -0.3 is 25.0 Å². The van der Waals surface area contributed by atoms with Gasteiger partial charge in [0.1, 0.15) is 11.6 Å². The third-order valence-electron chi connectivity index (χ3n) is 6.64. The van der Waals surface area contributed by atoms with Crippen LogP contribution in [0, 0.1) is 6.92 Å². The average Bonchev–Trinajstić information content (AvgIpc) is 2.93. The SMILES string of the molecule is COc1ccc(C(F)(F)F)cc1NC(=O)Nc1ccc(-c2ccc(N3CCOCC3)nc2C)c2ccccc12. The largest absolute Gasteiger partial charge is 0.495 e. The number of carbonyl (C=O) groups is 1. The van der Waals surface area contributed by atoms with E-state index in [1.165, 1.54) is 13.2 Å². The highest BCUT2D eigenvalue weighted by atomic mass is 19.4. The number of aryl methyl sites for hydroxylation is 1. The van der Waals surface area contributed by atoms with Gasteiger partial charge in [0.2, 0.25) is 0 Å². The third-order valence-corrected chi connectivity index (χ3v) is 6.64. The number of benzene rings is 3. The molecule has 0 atom stereocenters. The molecule has 1 aromatic heterocycles. The summed E-state index contributed by atoms with van der Waals surface area (Å²) in [6.45, 7) is 4.91. The molecule has 0 bridgehead atoms. The smallest absolute Gasteiger partial charge is 0.416 e. The number of hydrogen-bond donors (Lipinski definition) is 2. The second kappa shape index (κ2) is 10.8. The summed E-state index contributed by atoms with van der Waals surface area (Å²) in [4.78, 5) is 19.9. The number of pyridine rings is 1. The molecule has 0 radical (unpaired) electrons. The molecule has 2 amide bonds. The number of morpholine rings is 1. The van der Waals surface area contributed by atoms with Crippen molar-refractivity contribution in [3.63, 3.8) is 0 Å². The lowest BCUT2D eigenvalue weighted by molar-refractivity contribution is -0.137. The Hall–Kier alpha value is -4.31. The molecule has 7 nitrogen and oxygen atoms in total. The number of methoxy groups -OCH3 is 1. The van der Waals surface area contributed by atoms with Gasteiger partial charge in [0, 0.05) is 29.7 Å². The number of ether oxygens (including phenoxy) is 2. The van der Waals surface area contributed by atoms with Crippen molar-refractivity contribution < 1.29 is 27.4 Å². The molecule has 39 heavy (non-hydrogen) atoms. The highest BCUT2D eigenvalue weighted by Crippen LogP contribution is 2.37. The van der Waals surface area contributed by atoms with E-state index in [4.69, 9.17) is 14.5 Å². The van der Waals surface area contributed by atoms with Gasteiger partial charge in [0.05, 0.1) is 37.3 Å². The Kier molecular flexibility index (Phi) is 7.30. The van der Waals surface area contributed by atoms with Crippen molar-refractivity contribution in [3.8, 4) is 16.9 Å². The predicted molar refractivity (Wildman–Crippen MR) is 146 cm³/mol. The van der Waals surface area contributed by atoms with Gasteiger partial charge in [-0.1, -0.05) is 30.3 Å². The highest BCUT2D eigenvalue weighted by molar-refractivity contribution is 6.10. The summed E-state index contributed by atoms with van der Waals surface area (Å²) in [7, 11) is 1.32. The van der Waals surface area contributed by atoms with Crippen LogP contribution < -0.4 is 20.3 Å². The third kappa shape index (κ3) is 5.61. The number of fused-ring (bicyclic) bond motifs is 1. The van der Waals surface area contributed by atoms with Crippen LogP contribution in [0.2, 0.25) is 0 Å². The Morgan fingerprint density at radius 3 is 2.31 bits per heavy atom. The lowest BCUT2D eigenvalue weighted by Gasteiger charge is -2.28. The minimum Gasteiger partial charge on any atom is -0.495 e. The van der Waals surface area contributed by atoms with Crippen LogP contribution in [0.4, 0.5) is 35.2 Å². The lowest BCUT2D eigenvalue weighted by atomic mass is 9.96. The second-order valence-electron chi connectivity index (χ2n) is 9.10. The molecule has 1 aliphatic heterocycles. The molecule has 1 saturated heterocycles. The maximum absolute atomic E-state index is 13.2. The fourth-order valence-corrected chi connectivity index (χ4v) is 4.70. The average molecular weight is 537 g/mol. The van der Waals surface area contributed by atoms with E-state index in [0.717, 1.165) is 58.6 Å². The molecule has 3 aromatic carbocycles. The van der Waals surface area contributed by atoms with Crippen molar-refractivity contribution in [1.29, 1.82) is 0 Å². The standard InChI is InChI=1S/C29H27F3N4O3/c1-18-20(9-12-27(33-18)36-13-15-39-16-14-36)22-8-10-24(23-6-4-3-5-21(22)23)34-28(37)35-25-17-19(29(30,31)32)7-11-26(25)38-2/h3-12,17H,13-16H2,1-2H3,(H2,34,35,37). The summed E-state index contributed by atoms with van der Waals surface area (Å²) in [6.07, 6.45) is -4.56. The molecule has 0 aliphatic carbocycles. The van der Waals surface area contributed by atoms with Crippen LogP contribution in [0.3, 0.4) is 0 Å². The first-order valence-electron chi connectivity index (χ1n) is 12.4. The number of anilines is 3. The summed E-state index contributed by atoms with van der Waals surface area (Å²) in [5.41, 5.74) is 2.32. The van der Waals surface area contributed by atoms with E-state index in [2.05, 4.69) is 21.6 Å². The van der Waals surface area contributed by atoms with Crippen molar-refractivity contribution in [1.82, 2.24) is 4.98 Å². The Balaban J connectivity index is 1.43. The molecular weight excluding hydrogens is 509 g/mol. The van der Waals surface area contributed by atoms with Gasteiger partial charge in [-0.25, -0.2) is 9.78 Å². The minimum absolute atomic E-state index is 0.0900. The van der Waals surface area contributed by atoms with Gasteiger partial charge in [0.25, 0.3) is 0 Å². The van der Waals surface area contributed by atoms with E-state index < -0.39 is 17.8 Å². The fraction of sp³-hybridized carbons (Fsp3) is 0.241. The normalized spacial score (nSPS) is 13.8. The molecule has 2 heterocycles. The predicted octanol–water partition coefficient (Wildman–Crippen LogP) is 6.72. The number of hydrogen-bond acceptors (Lipinski definition) is 5. The quantitative estimate of drug-likeness (QED) is 0.296. The number of rotatable bonds is 5. The minimum atomic E-state index is -4.56. The van der Waals surface area contributed by atoms with E-state index in [1.54, 1.807) is 6.07 Å². The van der Waals surface area contributed by atoms with Crippen LogP contribution in [0.5, 0.6) is 5.75 Å². The van der Waals surface area contributed by atoms with Crippen molar-refractivity contribution in [3.05, 3.63) is 78.0 Å². The Morgan fingerprint density at radius 2 is 1.62 bits per heavy atom. The van der Waals surface area contributed by atoms with Crippen LogP contribution in [0.25, 0.3) is 21.9 Å². The maximum atomic E-state index is 13.2. The molecule has 0 unspecified atom stereocenters. The van der Waals surface area contributed by atoms with Crippen molar-refractivity contribution in [2.24, 2.45) is 0 Å². The number of urea groups is 1. The number of alkyl halides is 3. The Bertz CT molecular complexity index is 1520. The van der Waals surface area contributed by atoms with Gasteiger partial charge in [-0.15, -0.1) is 0 Å². The Morgan fingerprint density at radius 1 is 0.923 bits per heavy atom. The zero-order valence-corrected chi connectivity index (χ0v) is 21.4. The maximum Gasteiger partial charge on any atom is 0.416 e. The monoisotopic (exact) mass is 536 g/mol. The van der Waals surface area contributed by atoms with Crippen LogP contribution in [0.15, 0.2) is 66.7 Å². The van der Waals surface area contributed by atoms with Crippen LogP contribution in [-0.2, 0) is 10.9 Å². The molecule has 4 aromatic rings. The van der Waals surface area contributed by atoms with E-state index in [0.29, 0.717) is 18.9 Å². The first-order valence-corrected chi connectivity index (χ1v) is 12.4. The van der Waals surface area contributed by atoms with E-state index in [9.17, 15) is 18.0 Å². The van der Waals surface area contributed by atoms with Crippen LogP contribution in [0.1, 0.15) is 11.3 Å². The zero-order valence-electron chi connectivity index (χ0n) is 21.4. The number of nitrogens with one attached hydrogen (secondary N) is 2. The number of amides is 2. The van der Waals surface area contributed by atoms with Crippen molar-refractivity contribution in [2.75, 3.05) is 48.9 Å². The molecular formula is C29H27F3N4O3. The zero-order chi connectivity index (χ0) is 27.6. The summed E-state index contributed by atoms with van der Waals surface area (Å²) in [5.74, 6) is 1.02. The Labute approximate surface area is 223 Å². The van der Waals surface area contributed by atoms with Crippen molar-refractivity contribution in [2.45, 2.75) is 13.1 Å². The molecule has 2 N–H and O–H groups in total. The van der Waals surface area contributed by atoms with E-state index in [1.807, 2.05) is 43.3 Å². The van der Waals surface area contributed by atoms with Crippen LogP contribution >= 0.6 is 0 Å². The van der Waals surface area contributed by atoms with Gasteiger partial charge in [0.15, 0.2) is 0 Å². The van der Waals surface area contributed by atoms with Gasteiger partial charge >= 0.3 is 12.2 Å². The fourth-order valence-electron chi connectivity index (χ4n) is 4.70. The molecule has 1 fully saturated rings. The first-order chi connectivity index (χ1) is 18.7. The highest BCUT2D eigenvalue weighted by Gasteiger charge is 2.31. The number of halogens is 3. The van der Waals surface area contributed by atoms with E-state index in [-0.39, 0.29) is 11.4 Å². The number of aromatic nitrogens is 1.